The number of ether oxygens (including phenoxy) is 1. The summed E-state index contributed by atoms with van der Waals surface area (Å²) >= 11 is 0. The first-order valence-corrected chi connectivity index (χ1v) is 9.10. The second-order valence-corrected chi connectivity index (χ2v) is 7.65. The maximum absolute atomic E-state index is 12.2. The number of sulfonamides is 1. The van der Waals surface area contributed by atoms with Crippen molar-refractivity contribution in [3.63, 3.8) is 0 Å². The van der Waals surface area contributed by atoms with Crippen LogP contribution in [0.15, 0.2) is 0 Å². The fourth-order valence-electron chi connectivity index (χ4n) is 2.14. The number of carbonyl (C=O) groups excluding carboxylic acids is 1. The third kappa shape index (κ3) is 5.44. The van der Waals surface area contributed by atoms with Crippen LogP contribution >= 0.6 is 0 Å². The second kappa shape index (κ2) is 7.42. The van der Waals surface area contributed by atoms with E-state index in [4.69, 9.17) is 4.74 Å². The van der Waals surface area contributed by atoms with Crippen molar-refractivity contribution in [1.82, 2.24) is 14.5 Å². The Morgan fingerprint density at radius 3 is 2.48 bits per heavy atom. The Bertz CT molecular complexity index is 448. The van der Waals surface area contributed by atoms with Gasteiger partial charge in [0.15, 0.2) is 0 Å². The average Bonchev–Trinajstić information content (AvgIpc) is 2.70. The Balaban J connectivity index is 2.53. The van der Waals surface area contributed by atoms with Crippen molar-refractivity contribution in [3.05, 3.63) is 0 Å². The first-order chi connectivity index (χ1) is 9.72. The number of nitrogens with one attached hydrogen (secondary N) is 1. The van der Waals surface area contributed by atoms with E-state index in [-0.39, 0.29) is 11.6 Å². The molecule has 1 saturated heterocycles. The highest BCUT2D eigenvalue weighted by molar-refractivity contribution is 7.88. The van der Waals surface area contributed by atoms with Gasteiger partial charge in [-0.15, -0.1) is 0 Å². The van der Waals surface area contributed by atoms with Gasteiger partial charge in [0.2, 0.25) is 10.0 Å². The molecular formula is C13H27N3O4S. The maximum Gasteiger partial charge on any atom is 0.317 e. The van der Waals surface area contributed by atoms with E-state index >= 15 is 0 Å². The largest absolute Gasteiger partial charge is 0.377 e. The van der Waals surface area contributed by atoms with E-state index in [0.717, 1.165) is 6.42 Å². The predicted molar refractivity (Wildman–Crippen MR) is 81.7 cm³/mol. The van der Waals surface area contributed by atoms with Crippen LogP contribution in [0.5, 0.6) is 0 Å². The monoisotopic (exact) mass is 321 g/mol. The van der Waals surface area contributed by atoms with Gasteiger partial charge in [-0.05, 0) is 19.8 Å². The molecule has 7 nitrogen and oxygen atoms in total. The first kappa shape index (κ1) is 18.2. The normalized spacial score (nSPS) is 20.7. The third-order valence-corrected chi connectivity index (χ3v) is 5.37. The van der Waals surface area contributed by atoms with Gasteiger partial charge in [0, 0.05) is 39.8 Å². The average molecular weight is 321 g/mol. The number of carbonyl (C=O) groups is 1. The number of rotatable bonds is 5. The molecule has 8 heteroatoms. The summed E-state index contributed by atoms with van der Waals surface area (Å²) in [6.07, 6.45) is 2.65. The van der Waals surface area contributed by atoms with Gasteiger partial charge < -0.3 is 15.0 Å². The Hall–Kier alpha value is -0.860. The van der Waals surface area contributed by atoms with Gasteiger partial charge >= 0.3 is 6.03 Å². The van der Waals surface area contributed by atoms with Crippen molar-refractivity contribution in [2.75, 3.05) is 46.1 Å². The number of methoxy groups -OCH3 is 1. The molecule has 0 aromatic carbocycles. The summed E-state index contributed by atoms with van der Waals surface area (Å²) in [5, 5.41) is 2.87. The summed E-state index contributed by atoms with van der Waals surface area (Å²) in [7, 11) is -1.56. The molecule has 0 bridgehead atoms. The lowest BCUT2D eigenvalue weighted by molar-refractivity contribution is 0.00496. The van der Waals surface area contributed by atoms with Crippen LogP contribution in [0.3, 0.4) is 0 Å². The number of hydrogen-bond donors (Lipinski definition) is 1. The lowest BCUT2D eigenvalue weighted by Gasteiger charge is -2.29. The second-order valence-electron chi connectivity index (χ2n) is 5.67. The minimum Gasteiger partial charge on any atom is -0.377 e. The van der Waals surface area contributed by atoms with E-state index in [9.17, 15) is 13.2 Å². The molecule has 0 spiro atoms. The lowest BCUT2D eigenvalue weighted by atomic mass is 10.0. The lowest BCUT2D eigenvalue weighted by Crippen LogP contribution is -2.48. The fourth-order valence-corrected chi connectivity index (χ4v) is 3.02. The Morgan fingerprint density at radius 2 is 1.95 bits per heavy atom. The van der Waals surface area contributed by atoms with Gasteiger partial charge in [0.05, 0.1) is 11.9 Å². The number of urea groups is 1. The molecule has 1 unspecified atom stereocenters. The van der Waals surface area contributed by atoms with Gasteiger partial charge in [-0.3, -0.25) is 0 Å². The summed E-state index contributed by atoms with van der Waals surface area (Å²) in [5.41, 5.74) is -0.375. The minimum atomic E-state index is -3.19. The molecule has 21 heavy (non-hydrogen) atoms. The van der Waals surface area contributed by atoms with Crippen LogP contribution in [0.1, 0.15) is 26.7 Å². The summed E-state index contributed by atoms with van der Waals surface area (Å²) in [6.45, 7) is 6.18. The number of amides is 2. The molecule has 0 saturated carbocycles. The van der Waals surface area contributed by atoms with Crippen molar-refractivity contribution in [2.45, 2.75) is 32.3 Å². The van der Waals surface area contributed by atoms with Gasteiger partial charge in [-0.25, -0.2) is 17.5 Å². The molecule has 0 aliphatic carbocycles. The molecule has 1 aliphatic heterocycles. The molecule has 1 rings (SSSR count). The van der Waals surface area contributed by atoms with Gasteiger partial charge in [0.25, 0.3) is 0 Å². The standard InChI is InChI=1S/C13H27N3O4S/c1-5-13(2,20-3)11-14-12(17)15-7-6-8-16(10-9-15)21(4,18)19/h5-11H2,1-4H3,(H,14,17). The quantitative estimate of drug-likeness (QED) is 0.799. The number of nitrogens with zero attached hydrogens (tertiary/aromatic N) is 2. The summed E-state index contributed by atoms with van der Waals surface area (Å²) in [4.78, 5) is 13.8. The van der Waals surface area contributed by atoms with Crippen LogP contribution in [0.2, 0.25) is 0 Å². The molecular weight excluding hydrogens is 294 g/mol. The summed E-state index contributed by atoms with van der Waals surface area (Å²) in [6, 6.07) is -0.165. The number of hydrogen-bond acceptors (Lipinski definition) is 4. The van der Waals surface area contributed by atoms with Crippen LogP contribution in [-0.4, -0.2) is 75.3 Å². The molecule has 124 valence electrons. The maximum atomic E-state index is 12.2. The fraction of sp³-hybridized carbons (Fsp3) is 0.923. The Labute approximate surface area is 127 Å². The molecule has 0 aromatic heterocycles. The molecule has 0 radical (unpaired) electrons. The van der Waals surface area contributed by atoms with Crippen molar-refractivity contribution < 1.29 is 17.9 Å². The van der Waals surface area contributed by atoms with Gasteiger partial charge in [-0.1, -0.05) is 6.92 Å². The molecule has 2 amide bonds. The highest BCUT2D eigenvalue weighted by Gasteiger charge is 2.26. The van der Waals surface area contributed by atoms with Crippen molar-refractivity contribution in [1.29, 1.82) is 0 Å². The van der Waals surface area contributed by atoms with Crippen LogP contribution in [0.25, 0.3) is 0 Å². The summed E-state index contributed by atoms with van der Waals surface area (Å²) in [5.74, 6) is 0. The minimum absolute atomic E-state index is 0.165. The molecule has 1 aliphatic rings. The van der Waals surface area contributed by atoms with E-state index in [1.807, 2.05) is 13.8 Å². The van der Waals surface area contributed by atoms with Crippen molar-refractivity contribution in [3.8, 4) is 0 Å². The van der Waals surface area contributed by atoms with Crippen LogP contribution in [-0.2, 0) is 14.8 Å². The Kier molecular flexibility index (Phi) is 6.42. The molecule has 1 fully saturated rings. The highest BCUT2D eigenvalue weighted by atomic mass is 32.2. The van der Waals surface area contributed by atoms with Crippen LogP contribution < -0.4 is 5.32 Å². The third-order valence-electron chi connectivity index (χ3n) is 4.07. The van der Waals surface area contributed by atoms with E-state index < -0.39 is 10.0 Å². The topological polar surface area (TPSA) is 79.0 Å². The Morgan fingerprint density at radius 1 is 1.29 bits per heavy atom. The van der Waals surface area contributed by atoms with E-state index in [1.54, 1.807) is 12.0 Å². The van der Waals surface area contributed by atoms with E-state index in [2.05, 4.69) is 5.32 Å². The first-order valence-electron chi connectivity index (χ1n) is 7.25. The highest BCUT2D eigenvalue weighted by Crippen LogP contribution is 2.13. The molecule has 1 N–H and O–H groups in total. The van der Waals surface area contributed by atoms with Crippen LogP contribution in [0.4, 0.5) is 4.79 Å². The van der Waals surface area contributed by atoms with Crippen molar-refractivity contribution >= 4 is 16.1 Å². The van der Waals surface area contributed by atoms with E-state index in [1.165, 1.54) is 10.6 Å². The zero-order valence-corrected chi connectivity index (χ0v) is 14.2. The molecule has 0 aromatic rings. The summed E-state index contributed by atoms with van der Waals surface area (Å²) < 4.78 is 29.9. The van der Waals surface area contributed by atoms with Crippen LogP contribution in [0, 0.1) is 0 Å². The predicted octanol–water partition coefficient (Wildman–Crippen LogP) is 0.478. The van der Waals surface area contributed by atoms with Gasteiger partial charge in [-0.2, -0.15) is 0 Å². The molecule has 1 atom stereocenters. The zero-order chi connectivity index (χ0) is 16.1. The van der Waals surface area contributed by atoms with E-state index in [0.29, 0.717) is 39.1 Å². The molecule has 1 heterocycles. The smallest absolute Gasteiger partial charge is 0.317 e. The zero-order valence-electron chi connectivity index (χ0n) is 13.4. The van der Waals surface area contributed by atoms with Crippen molar-refractivity contribution in [2.24, 2.45) is 0 Å². The van der Waals surface area contributed by atoms with Gasteiger partial charge in [0.1, 0.15) is 0 Å². The SMILES string of the molecule is CCC(C)(CNC(=O)N1CCCN(S(C)(=O)=O)CC1)OC.